The average molecular weight is 540 g/mol. The zero-order valence-corrected chi connectivity index (χ0v) is 24.1. The van der Waals surface area contributed by atoms with Gasteiger partial charge in [0.2, 0.25) is 5.72 Å². The summed E-state index contributed by atoms with van der Waals surface area (Å²) in [5, 5.41) is 3.91. The number of fused-ring (bicyclic) bond motifs is 1. The summed E-state index contributed by atoms with van der Waals surface area (Å²) in [6.07, 6.45) is -0.178. The number of nitrogens with one attached hydrogen (secondary N) is 1. The molecule has 0 radical (unpaired) electrons. The van der Waals surface area contributed by atoms with Crippen molar-refractivity contribution in [1.82, 2.24) is 9.55 Å². The number of carbonyl (C=O) groups is 1. The van der Waals surface area contributed by atoms with Crippen LogP contribution in [0.25, 0.3) is 10.4 Å². The number of aldehydes is 1. The third kappa shape index (κ3) is 4.44. The minimum absolute atomic E-state index is 0.0158. The molecule has 1 aromatic heterocycles. The van der Waals surface area contributed by atoms with Gasteiger partial charge in [0, 0.05) is 17.2 Å². The Hall–Kier alpha value is -2.07. The molecule has 12 nitrogen and oxygen atoms in total. The number of azide groups is 1. The lowest BCUT2D eigenvalue weighted by atomic mass is 10.0. The van der Waals surface area contributed by atoms with Crippen LogP contribution in [0.2, 0.25) is 22.2 Å². The summed E-state index contributed by atoms with van der Waals surface area (Å²) in [7, 11) is -6.01. The number of ether oxygens (including phenoxy) is 1. The second-order valence-corrected chi connectivity index (χ2v) is 19.6. The topological polar surface area (TPSA) is 158 Å². The fourth-order valence-electron chi connectivity index (χ4n) is 5.48. The van der Waals surface area contributed by atoms with Gasteiger partial charge in [-0.05, 0) is 27.7 Å². The molecule has 3 heterocycles. The Labute approximate surface area is 212 Å². The maximum atomic E-state index is 12.8. The van der Waals surface area contributed by atoms with Gasteiger partial charge in [-0.1, -0.05) is 60.5 Å². The molecule has 0 aliphatic carbocycles. The first-order chi connectivity index (χ1) is 16.8. The molecule has 1 aromatic rings. The van der Waals surface area contributed by atoms with E-state index in [9.17, 15) is 19.9 Å². The van der Waals surface area contributed by atoms with Crippen LogP contribution >= 0.6 is 0 Å². The first-order valence-electron chi connectivity index (χ1n) is 12.3. The Morgan fingerprint density at radius 2 is 1.69 bits per heavy atom. The van der Waals surface area contributed by atoms with Crippen molar-refractivity contribution in [3.8, 4) is 0 Å². The molecule has 2 aliphatic heterocycles. The van der Waals surface area contributed by atoms with E-state index in [0.29, 0.717) is 6.29 Å². The van der Waals surface area contributed by atoms with Crippen molar-refractivity contribution >= 4 is 23.4 Å². The van der Waals surface area contributed by atoms with E-state index in [2.05, 4.69) is 42.7 Å². The normalized spacial score (nSPS) is 29.6. The number of H-pyrrole nitrogens is 1. The number of aromatic nitrogens is 2. The Bertz CT molecular complexity index is 1110. The van der Waals surface area contributed by atoms with Gasteiger partial charge in [-0.2, -0.15) is 0 Å². The molecule has 0 bridgehead atoms. The molecule has 2 saturated heterocycles. The van der Waals surface area contributed by atoms with E-state index >= 15 is 0 Å². The molecule has 2 unspecified atom stereocenters. The summed E-state index contributed by atoms with van der Waals surface area (Å²) in [6.45, 7) is 16.5. The monoisotopic (exact) mass is 539 g/mol. The highest BCUT2D eigenvalue weighted by Crippen LogP contribution is 2.49. The zero-order valence-electron chi connectivity index (χ0n) is 22.1. The molecule has 14 heteroatoms. The predicted molar refractivity (Wildman–Crippen MR) is 137 cm³/mol. The smallest absolute Gasteiger partial charge is 0.335 e. The molecule has 0 aromatic carbocycles. The summed E-state index contributed by atoms with van der Waals surface area (Å²) in [6, 6.07) is -0.154. The lowest BCUT2D eigenvalue weighted by Gasteiger charge is -2.51. The van der Waals surface area contributed by atoms with Crippen LogP contribution in [0, 0.1) is 0 Å². The van der Waals surface area contributed by atoms with Gasteiger partial charge in [0.1, 0.15) is 12.1 Å². The van der Waals surface area contributed by atoms with Gasteiger partial charge in [-0.15, -0.1) is 0 Å². The lowest BCUT2D eigenvalue weighted by molar-refractivity contribution is -0.151. The van der Waals surface area contributed by atoms with Crippen molar-refractivity contribution in [2.75, 3.05) is 6.61 Å². The number of hydrogen-bond donors (Lipinski definition) is 1. The Kier molecular flexibility index (Phi) is 8.20. The summed E-state index contributed by atoms with van der Waals surface area (Å²) < 4.78 is 27.9. The quantitative estimate of drug-likeness (QED) is 0.183. The van der Waals surface area contributed by atoms with E-state index in [1.54, 1.807) is 0 Å². The van der Waals surface area contributed by atoms with Gasteiger partial charge in [-0.25, -0.2) is 4.79 Å². The number of hydrogen-bond acceptors (Lipinski definition) is 8. The van der Waals surface area contributed by atoms with E-state index < -0.39 is 52.3 Å². The summed E-state index contributed by atoms with van der Waals surface area (Å²) in [5.74, 6) is 0. The highest BCUT2D eigenvalue weighted by Gasteiger charge is 2.65. The fraction of sp³-hybridized carbons (Fsp3) is 0.773. The summed E-state index contributed by atoms with van der Waals surface area (Å²) in [5.41, 5.74) is 6.06. The van der Waals surface area contributed by atoms with Crippen molar-refractivity contribution in [2.24, 2.45) is 5.11 Å². The van der Waals surface area contributed by atoms with Crippen molar-refractivity contribution in [2.45, 2.75) is 102 Å². The van der Waals surface area contributed by atoms with Gasteiger partial charge < -0.3 is 17.7 Å². The van der Waals surface area contributed by atoms with Crippen molar-refractivity contribution in [3.05, 3.63) is 43.5 Å². The number of rotatable bonds is 7. The van der Waals surface area contributed by atoms with Crippen LogP contribution in [0.3, 0.4) is 0 Å². The average Bonchev–Trinajstić information content (AvgIpc) is 3.06. The van der Waals surface area contributed by atoms with Crippen molar-refractivity contribution in [1.29, 1.82) is 0 Å². The van der Waals surface area contributed by atoms with E-state index in [0.717, 1.165) is 16.8 Å². The highest BCUT2D eigenvalue weighted by atomic mass is 28.5. The van der Waals surface area contributed by atoms with E-state index in [-0.39, 0.29) is 28.8 Å². The minimum atomic E-state index is -3.12. The molecular weight excluding hydrogens is 502 g/mol. The Morgan fingerprint density at radius 3 is 2.17 bits per heavy atom. The zero-order chi connectivity index (χ0) is 27.1. The summed E-state index contributed by atoms with van der Waals surface area (Å²) >= 11 is 0. The van der Waals surface area contributed by atoms with E-state index in [1.165, 1.54) is 0 Å². The molecule has 0 spiro atoms. The van der Waals surface area contributed by atoms with Gasteiger partial charge in [0.05, 0.1) is 12.7 Å². The molecule has 1 N–H and O–H groups in total. The molecule has 0 saturated carbocycles. The Morgan fingerprint density at radius 1 is 1.11 bits per heavy atom. The van der Waals surface area contributed by atoms with Crippen LogP contribution in [0.15, 0.2) is 27.0 Å². The molecule has 2 fully saturated rings. The second-order valence-electron chi connectivity index (χ2n) is 10.7. The molecule has 3 rings (SSSR count). The maximum absolute atomic E-state index is 12.8. The first kappa shape index (κ1) is 28.5. The minimum Gasteiger partial charge on any atom is -0.414 e. The fourth-order valence-corrected chi connectivity index (χ4v) is 16.7. The van der Waals surface area contributed by atoms with Crippen LogP contribution in [0.1, 0.15) is 55.4 Å². The van der Waals surface area contributed by atoms with Gasteiger partial charge in [0.25, 0.3) is 5.56 Å². The lowest BCUT2D eigenvalue weighted by Crippen LogP contribution is -2.66. The maximum Gasteiger partial charge on any atom is 0.335 e. The molecule has 36 heavy (non-hydrogen) atoms. The third-order valence-electron chi connectivity index (χ3n) is 7.32. The predicted octanol–water partition coefficient (Wildman–Crippen LogP) is 3.42. The number of aromatic amines is 1. The SMILES string of the molecule is CC(C)[Si]1(C(C)C)OC[C@H]2O[C@@](C=O)(n3ccc(=O)[nH]c3=O)C(N=[N+]=[N-])C2O[Si](C(C)C)(C(C)C)O1. The molecule has 0 amide bonds. The standard InChI is InChI=1S/C22H37N5O7Si2/c1-13(2)35(14(3)4)31-11-17-19(33-36(34-35,15(5)6)16(7)8)20(25-26-23)22(12-28,32-17)27-10-9-18(29)24-21(27)30/h9-10,12-17,19-20H,11H2,1-8H3,(H,24,29,30)/t17-,19?,20?,22-/m1/s1. The van der Waals surface area contributed by atoms with Crippen LogP contribution in [0.4, 0.5) is 0 Å². The largest absolute Gasteiger partial charge is 0.414 e. The number of nitrogens with zero attached hydrogens (tertiary/aromatic N) is 4. The third-order valence-corrected chi connectivity index (χ3v) is 17.6. The van der Waals surface area contributed by atoms with Crippen LogP contribution in [-0.4, -0.2) is 57.8 Å². The van der Waals surface area contributed by atoms with Gasteiger partial charge >= 0.3 is 22.8 Å². The van der Waals surface area contributed by atoms with Crippen molar-refractivity contribution in [3.63, 3.8) is 0 Å². The molecule has 4 atom stereocenters. The van der Waals surface area contributed by atoms with E-state index in [1.807, 2.05) is 27.7 Å². The first-order valence-corrected chi connectivity index (χ1v) is 16.3. The van der Waals surface area contributed by atoms with E-state index in [4.69, 9.17) is 17.7 Å². The van der Waals surface area contributed by atoms with Crippen LogP contribution in [-0.2, 0) is 28.2 Å². The second kappa shape index (κ2) is 10.4. The molecular formula is C22H37N5O7Si2. The molecule has 2 aliphatic rings. The molecule has 200 valence electrons. The van der Waals surface area contributed by atoms with Crippen LogP contribution in [0.5, 0.6) is 0 Å². The van der Waals surface area contributed by atoms with Gasteiger partial charge in [0.15, 0.2) is 6.29 Å². The summed E-state index contributed by atoms with van der Waals surface area (Å²) in [4.78, 5) is 42.2. The van der Waals surface area contributed by atoms with Crippen LogP contribution < -0.4 is 11.2 Å². The Balaban J connectivity index is 2.27. The van der Waals surface area contributed by atoms with Gasteiger partial charge in [-0.3, -0.25) is 19.1 Å². The number of carbonyl (C=O) groups excluding carboxylic acids is 1. The highest BCUT2D eigenvalue weighted by molar-refractivity contribution is 6.84. The van der Waals surface area contributed by atoms with Crippen molar-refractivity contribution < 1.29 is 22.5 Å².